The average Bonchev–Trinajstić information content (AvgIpc) is 3.08. The second-order valence-corrected chi connectivity index (χ2v) is 7.04. The van der Waals surface area contributed by atoms with Gasteiger partial charge in [-0.3, -0.25) is 9.29 Å². The van der Waals surface area contributed by atoms with E-state index in [-0.39, 0.29) is 10.8 Å². The van der Waals surface area contributed by atoms with Crippen molar-refractivity contribution in [1.82, 2.24) is 19.5 Å². The van der Waals surface area contributed by atoms with E-state index in [1.165, 1.54) is 23.2 Å². The van der Waals surface area contributed by atoms with Crippen molar-refractivity contribution in [1.29, 1.82) is 0 Å². The van der Waals surface area contributed by atoms with Gasteiger partial charge in [-0.15, -0.1) is 0 Å². The first-order chi connectivity index (χ1) is 12.2. The van der Waals surface area contributed by atoms with Gasteiger partial charge in [-0.25, -0.2) is 23.4 Å². The molecule has 12 heteroatoms. The molecule has 0 saturated carbocycles. The van der Waals surface area contributed by atoms with Gasteiger partial charge in [0.2, 0.25) is 0 Å². The number of alkyl halides is 3. The molecule has 2 aromatic heterocycles. The molecule has 7 nitrogen and oxygen atoms in total. The number of sulfonamides is 1. The highest BCUT2D eigenvalue weighted by Crippen LogP contribution is 2.33. The quantitative estimate of drug-likeness (QED) is 0.722. The monoisotopic (exact) mass is 403 g/mol. The SMILES string of the molecule is O=S(=O)(Nc1cc(-n2ccnc2)ncn1)c1cc(C(F)(F)F)ccc1Cl. The number of halogens is 4. The minimum atomic E-state index is -4.71. The molecule has 0 spiro atoms. The summed E-state index contributed by atoms with van der Waals surface area (Å²) >= 11 is 5.78. The summed E-state index contributed by atoms with van der Waals surface area (Å²) in [6.07, 6.45) is 0.891. The van der Waals surface area contributed by atoms with E-state index in [0.29, 0.717) is 18.0 Å². The van der Waals surface area contributed by atoms with E-state index in [0.717, 1.165) is 12.4 Å². The highest BCUT2D eigenvalue weighted by Gasteiger charge is 2.32. The lowest BCUT2D eigenvalue weighted by Gasteiger charge is -2.12. The molecular weight excluding hydrogens is 395 g/mol. The lowest BCUT2D eigenvalue weighted by atomic mass is 10.2. The fourth-order valence-corrected chi connectivity index (χ4v) is 3.54. The van der Waals surface area contributed by atoms with Crippen molar-refractivity contribution in [2.45, 2.75) is 11.1 Å². The summed E-state index contributed by atoms with van der Waals surface area (Å²) in [6.45, 7) is 0. The number of hydrogen-bond donors (Lipinski definition) is 1. The summed E-state index contributed by atoms with van der Waals surface area (Å²) in [4.78, 5) is 10.8. The first kappa shape index (κ1) is 18.1. The Balaban J connectivity index is 1.96. The van der Waals surface area contributed by atoms with Gasteiger partial charge in [0.05, 0.1) is 10.6 Å². The third-order valence-corrected chi connectivity index (χ3v) is 5.04. The second-order valence-electron chi connectivity index (χ2n) is 4.98. The third kappa shape index (κ3) is 3.78. The highest BCUT2D eigenvalue weighted by atomic mass is 35.5. The van der Waals surface area contributed by atoms with E-state index < -0.39 is 26.7 Å². The number of hydrogen-bond acceptors (Lipinski definition) is 5. The number of imidazole rings is 1. The number of nitrogens with one attached hydrogen (secondary N) is 1. The van der Waals surface area contributed by atoms with Gasteiger partial charge in [-0.05, 0) is 18.2 Å². The lowest BCUT2D eigenvalue weighted by Crippen LogP contribution is -2.16. The Morgan fingerprint density at radius 2 is 1.92 bits per heavy atom. The molecule has 0 fully saturated rings. The highest BCUT2D eigenvalue weighted by molar-refractivity contribution is 7.92. The maximum Gasteiger partial charge on any atom is 0.416 e. The number of nitrogens with zero attached hydrogens (tertiary/aromatic N) is 4. The van der Waals surface area contributed by atoms with Crippen molar-refractivity contribution in [3.8, 4) is 5.82 Å². The largest absolute Gasteiger partial charge is 0.416 e. The molecule has 0 unspecified atom stereocenters. The molecule has 0 saturated heterocycles. The van der Waals surface area contributed by atoms with E-state index in [2.05, 4.69) is 19.7 Å². The first-order valence-corrected chi connectivity index (χ1v) is 8.73. The van der Waals surface area contributed by atoms with Crippen LogP contribution in [0.1, 0.15) is 5.56 Å². The molecule has 0 atom stereocenters. The summed E-state index contributed by atoms with van der Waals surface area (Å²) in [5.41, 5.74) is -1.14. The van der Waals surface area contributed by atoms with Gasteiger partial charge in [-0.2, -0.15) is 13.2 Å². The van der Waals surface area contributed by atoms with Crippen LogP contribution in [0.5, 0.6) is 0 Å². The van der Waals surface area contributed by atoms with Gasteiger partial charge in [0, 0.05) is 18.5 Å². The Hall–Kier alpha value is -2.66. The molecule has 0 aliphatic heterocycles. The average molecular weight is 404 g/mol. The molecule has 136 valence electrons. The van der Waals surface area contributed by atoms with Gasteiger partial charge < -0.3 is 0 Å². The van der Waals surface area contributed by atoms with Crippen molar-refractivity contribution in [3.63, 3.8) is 0 Å². The second kappa shape index (κ2) is 6.57. The first-order valence-electron chi connectivity index (χ1n) is 6.87. The predicted octanol–water partition coefficient (Wildman–Crippen LogP) is 3.14. The predicted molar refractivity (Wildman–Crippen MR) is 86.4 cm³/mol. The van der Waals surface area contributed by atoms with Crippen molar-refractivity contribution in [3.05, 3.63) is 59.9 Å². The summed E-state index contributed by atoms with van der Waals surface area (Å²) in [5.74, 6) is 0.169. The Bertz CT molecular complexity index is 1040. The smallest absolute Gasteiger partial charge is 0.290 e. The van der Waals surface area contributed by atoms with Crippen LogP contribution in [0, 0.1) is 0 Å². The van der Waals surface area contributed by atoms with Crippen molar-refractivity contribution < 1.29 is 21.6 Å². The van der Waals surface area contributed by atoms with Gasteiger partial charge in [-0.1, -0.05) is 11.6 Å². The lowest BCUT2D eigenvalue weighted by molar-refractivity contribution is -0.137. The Labute approximate surface area is 150 Å². The van der Waals surface area contributed by atoms with Crippen molar-refractivity contribution in [2.24, 2.45) is 0 Å². The Morgan fingerprint density at radius 3 is 2.58 bits per heavy atom. The van der Waals surface area contributed by atoms with E-state index in [1.54, 1.807) is 6.20 Å². The van der Waals surface area contributed by atoms with E-state index in [1.807, 2.05) is 0 Å². The Morgan fingerprint density at radius 1 is 1.15 bits per heavy atom. The Kier molecular flexibility index (Phi) is 4.59. The van der Waals surface area contributed by atoms with Crippen LogP contribution < -0.4 is 4.72 Å². The normalized spacial score (nSPS) is 12.2. The molecule has 3 rings (SSSR count). The van der Waals surface area contributed by atoms with Gasteiger partial charge in [0.15, 0.2) is 0 Å². The fourth-order valence-electron chi connectivity index (χ4n) is 2.02. The number of aromatic nitrogens is 4. The van der Waals surface area contributed by atoms with Crippen molar-refractivity contribution >= 4 is 27.4 Å². The zero-order valence-electron chi connectivity index (χ0n) is 12.6. The zero-order chi connectivity index (χ0) is 18.9. The zero-order valence-corrected chi connectivity index (χ0v) is 14.2. The third-order valence-electron chi connectivity index (χ3n) is 3.21. The fraction of sp³-hybridized carbons (Fsp3) is 0.0714. The molecule has 0 aliphatic carbocycles. The summed E-state index contributed by atoms with van der Waals surface area (Å²) < 4.78 is 67.0. The molecule has 1 aromatic carbocycles. The standard InChI is InChI=1S/C14H9ClF3N5O2S/c15-10-2-1-9(14(16,17)18)5-11(10)26(24,25)22-12-6-13(21-7-20-12)23-4-3-19-8-23/h1-8H,(H,20,21,22). The van der Waals surface area contributed by atoms with Crippen LogP contribution in [0.4, 0.5) is 19.0 Å². The molecule has 3 aromatic rings. The molecule has 0 aliphatic rings. The minimum Gasteiger partial charge on any atom is -0.290 e. The number of rotatable bonds is 4. The molecule has 2 heterocycles. The summed E-state index contributed by atoms with van der Waals surface area (Å²) in [5, 5.41) is -0.352. The van der Waals surface area contributed by atoms with E-state index in [4.69, 9.17) is 11.6 Å². The minimum absolute atomic E-state index is 0.142. The van der Waals surface area contributed by atoms with Crippen LogP contribution in [-0.4, -0.2) is 27.9 Å². The van der Waals surface area contributed by atoms with Gasteiger partial charge in [0.25, 0.3) is 10.0 Å². The summed E-state index contributed by atoms with van der Waals surface area (Å²) in [6, 6.07) is 3.32. The van der Waals surface area contributed by atoms with Crippen LogP contribution in [0.2, 0.25) is 5.02 Å². The maximum atomic E-state index is 12.8. The number of anilines is 1. The van der Waals surface area contributed by atoms with Crippen molar-refractivity contribution in [2.75, 3.05) is 4.72 Å². The van der Waals surface area contributed by atoms with Crippen LogP contribution >= 0.6 is 11.6 Å². The molecule has 26 heavy (non-hydrogen) atoms. The van der Waals surface area contributed by atoms with E-state index >= 15 is 0 Å². The topological polar surface area (TPSA) is 89.8 Å². The summed E-state index contributed by atoms with van der Waals surface area (Å²) in [7, 11) is -4.41. The van der Waals surface area contributed by atoms with Crippen LogP contribution in [0.3, 0.4) is 0 Å². The molecule has 0 radical (unpaired) electrons. The van der Waals surface area contributed by atoms with Crippen LogP contribution in [0.15, 0.2) is 54.2 Å². The van der Waals surface area contributed by atoms with Gasteiger partial charge in [0.1, 0.15) is 29.2 Å². The van der Waals surface area contributed by atoms with E-state index in [9.17, 15) is 21.6 Å². The maximum absolute atomic E-state index is 12.8. The number of benzene rings is 1. The molecule has 0 bridgehead atoms. The molecule has 0 amide bonds. The van der Waals surface area contributed by atoms with Crippen LogP contribution in [0.25, 0.3) is 5.82 Å². The van der Waals surface area contributed by atoms with Crippen LogP contribution in [-0.2, 0) is 16.2 Å². The van der Waals surface area contributed by atoms with Gasteiger partial charge >= 0.3 is 6.18 Å². The molecule has 1 N–H and O–H groups in total. The molecular formula is C14H9ClF3N5O2S.